The van der Waals surface area contributed by atoms with Gasteiger partial charge in [0.1, 0.15) is 0 Å². The van der Waals surface area contributed by atoms with E-state index in [-0.39, 0.29) is 5.91 Å². The van der Waals surface area contributed by atoms with Gasteiger partial charge in [0.05, 0.1) is 0 Å². The number of carbonyl (C=O) groups excluding carboxylic acids is 1. The van der Waals surface area contributed by atoms with Crippen molar-refractivity contribution in [2.24, 2.45) is 11.8 Å². The first-order chi connectivity index (χ1) is 10.1. The van der Waals surface area contributed by atoms with Gasteiger partial charge in [0.25, 0.3) is 5.91 Å². The van der Waals surface area contributed by atoms with Crippen LogP contribution >= 0.6 is 0 Å². The summed E-state index contributed by atoms with van der Waals surface area (Å²) in [5.74, 6) is 1.71. The van der Waals surface area contributed by atoms with Crippen LogP contribution in [0.5, 0.6) is 0 Å². The second-order valence-electron chi connectivity index (χ2n) is 6.38. The third-order valence-corrected chi connectivity index (χ3v) is 4.66. The third-order valence-electron chi connectivity index (χ3n) is 4.66. The predicted molar refractivity (Wildman–Crippen MR) is 87.5 cm³/mol. The van der Waals surface area contributed by atoms with Crippen molar-refractivity contribution in [3.8, 4) is 0 Å². The fourth-order valence-corrected chi connectivity index (χ4v) is 3.15. The van der Waals surface area contributed by atoms with Gasteiger partial charge < -0.3 is 10.2 Å². The summed E-state index contributed by atoms with van der Waals surface area (Å²) in [4.78, 5) is 14.8. The minimum absolute atomic E-state index is 0.212. The van der Waals surface area contributed by atoms with Gasteiger partial charge in [0.2, 0.25) is 0 Å². The molecule has 1 heterocycles. The van der Waals surface area contributed by atoms with Gasteiger partial charge in [-0.05, 0) is 56.3 Å². The Morgan fingerprint density at radius 2 is 1.95 bits per heavy atom. The lowest BCUT2D eigenvalue weighted by Gasteiger charge is -2.34. The molecule has 0 atom stereocenters. The molecule has 0 bridgehead atoms. The molecule has 1 aliphatic heterocycles. The zero-order valence-corrected chi connectivity index (χ0v) is 13.6. The Balaban J connectivity index is 2.04. The highest BCUT2D eigenvalue weighted by molar-refractivity contribution is 5.95. The van der Waals surface area contributed by atoms with Gasteiger partial charge in [0, 0.05) is 18.7 Å². The Morgan fingerprint density at radius 1 is 1.29 bits per heavy atom. The van der Waals surface area contributed by atoms with E-state index in [1.165, 1.54) is 0 Å². The van der Waals surface area contributed by atoms with Crippen molar-refractivity contribution in [2.45, 2.75) is 33.1 Å². The van der Waals surface area contributed by atoms with Crippen molar-refractivity contribution >= 4 is 5.91 Å². The molecule has 1 fully saturated rings. The summed E-state index contributed by atoms with van der Waals surface area (Å²) in [7, 11) is 1.95. The van der Waals surface area contributed by atoms with Gasteiger partial charge in [0.15, 0.2) is 0 Å². The summed E-state index contributed by atoms with van der Waals surface area (Å²) in [6.07, 6.45) is 3.19. The number of piperidine rings is 1. The molecule has 1 amide bonds. The van der Waals surface area contributed by atoms with Gasteiger partial charge in [-0.3, -0.25) is 4.79 Å². The summed E-state index contributed by atoms with van der Waals surface area (Å²) in [6, 6.07) is 8.04. The van der Waals surface area contributed by atoms with Crippen molar-refractivity contribution < 1.29 is 4.79 Å². The van der Waals surface area contributed by atoms with Crippen LogP contribution in [0.25, 0.3) is 0 Å². The average molecular weight is 288 g/mol. The molecule has 0 radical (unpaired) electrons. The third kappa shape index (κ3) is 4.07. The van der Waals surface area contributed by atoms with Crippen molar-refractivity contribution in [2.75, 3.05) is 26.7 Å². The lowest BCUT2D eigenvalue weighted by Crippen LogP contribution is -2.40. The Morgan fingerprint density at radius 3 is 2.57 bits per heavy atom. The van der Waals surface area contributed by atoms with Gasteiger partial charge in [-0.25, -0.2) is 0 Å². The molecule has 116 valence electrons. The largest absolute Gasteiger partial charge is 0.339 e. The number of carbonyl (C=O) groups is 1. The van der Waals surface area contributed by atoms with Crippen molar-refractivity contribution in [1.29, 1.82) is 0 Å². The Bertz CT molecular complexity index is 462. The van der Waals surface area contributed by atoms with E-state index in [1.54, 1.807) is 0 Å². The number of nitrogens with zero attached hydrogens (tertiary/aromatic N) is 1. The highest BCUT2D eigenvalue weighted by Crippen LogP contribution is 2.25. The van der Waals surface area contributed by atoms with Crippen LogP contribution in [-0.4, -0.2) is 37.5 Å². The molecule has 0 aromatic heterocycles. The van der Waals surface area contributed by atoms with E-state index in [2.05, 4.69) is 25.2 Å². The minimum atomic E-state index is 0.212. The first-order valence-corrected chi connectivity index (χ1v) is 8.15. The van der Waals surface area contributed by atoms with Crippen molar-refractivity contribution in [3.05, 3.63) is 35.4 Å². The zero-order valence-electron chi connectivity index (χ0n) is 13.6. The maximum atomic E-state index is 12.8. The fourth-order valence-electron chi connectivity index (χ4n) is 3.15. The van der Waals surface area contributed by atoms with Crippen molar-refractivity contribution in [3.63, 3.8) is 0 Å². The van der Waals surface area contributed by atoms with E-state index >= 15 is 0 Å². The molecule has 0 spiro atoms. The van der Waals surface area contributed by atoms with E-state index in [0.29, 0.717) is 0 Å². The molecular formula is C18H28N2O. The number of rotatable bonds is 5. The van der Waals surface area contributed by atoms with E-state index < -0.39 is 0 Å². The molecule has 1 N–H and O–H groups in total. The summed E-state index contributed by atoms with van der Waals surface area (Å²) in [6.45, 7) is 7.29. The van der Waals surface area contributed by atoms with Crippen LogP contribution in [0.1, 0.15) is 42.6 Å². The quantitative estimate of drug-likeness (QED) is 0.903. The van der Waals surface area contributed by atoms with E-state index in [0.717, 1.165) is 61.9 Å². The Kier molecular flexibility index (Phi) is 5.80. The minimum Gasteiger partial charge on any atom is -0.339 e. The highest BCUT2D eigenvalue weighted by atomic mass is 16.2. The number of nitrogens with one attached hydrogen (secondary N) is 1. The number of benzene rings is 1. The van der Waals surface area contributed by atoms with E-state index in [4.69, 9.17) is 0 Å². The molecule has 2 rings (SSSR count). The van der Waals surface area contributed by atoms with Gasteiger partial charge in [-0.1, -0.05) is 32.0 Å². The highest BCUT2D eigenvalue weighted by Gasteiger charge is 2.26. The molecule has 1 aromatic rings. The number of hydrogen-bond acceptors (Lipinski definition) is 2. The van der Waals surface area contributed by atoms with Crippen LogP contribution in [0.3, 0.4) is 0 Å². The average Bonchev–Trinajstić information content (AvgIpc) is 2.52. The van der Waals surface area contributed by atoms with Gasteiger partial charge in [-0.2, -0.15) is 0 Å². The molecule has 0 saturated carbocycles. The molecule has 3 heteroatoms. The first-order valence-electron chi connectivity index (χ1n) is 8.15. The molecule has 1 aliphatic rings. The molecule has 3 nitrogen and oxygen atoms in total. The standard InChI is InChI=1S/C18H28N2O/c1-14(2)15-9-12-20(13-10-15)18(21)17-7-5-4-6-16(17)8-11-19-3/h4-7,14-15,19H,8-13H2,1-3H3. The van der Waals surface area contributed by atoms with Gasteiger partial charge in [-0.15, -0.1) is 0 Å². The summed E-state index contributed by atoms with van der Waals surface area (Å²) < 4.78 is 0. The Hall–Kier alpha value is -1.35. The lowest BCUT2D eigenvalue weighted by molar-refractivity contribution is 0.0666. The summed E-state index contributed by atoms with van der Waals surface area (Å²) >= 11 is 0. The maximum Gasteiger partial charge on any atom is 0.254 e. The van der Waals surface area contributed by atoms with E-state index in [9.17, 15) is 4.79 Å². The first kappa shape index (κ1) is 16.0. The maximum absolute atomic E-state index is 12.8. The lowest BCUT2D eigenvalue weighted by atomic mass is 9.86. The second-order valence-corrected chi connectivity index (χ2v) is 6.38. The Labute approximate surface area is 128 Å². The number of amides is 1. The predicted octanol–water partition coefficient (Wildman–Crippen LogP) is 2.96. The molecule has 0 unspecified atom stereocenters. The smallest absolute Gasteiger partial charge is 0.254 e. The van der Waals surface area contributed by atoms with Crippen molar-refractivity contribution in [1.82, 2.24) is 10.2 Å². The van der Waals surface area contributed by atoms with Crippen LogP contribution in [0.15, 0.2) is 24.3 Å². The topological polar surface area (TPSA) is 32.3 Å². The van der Waals surface area contributed by atoms with Crippen LogP contribution in [-0.2, 0) is 6.42 Å². The van der Waals surface area contributed by atoms with Crippen LogP contribution in [0, 0.1) is 11.8 Å². The monoisotopic (exact) mass is 288 g/mol. The summed E-state index contributed by atoms with van der Waals surface area (Å²) in [5.41, 5.74) is 2.04. The number of likely N-dealkylation sites (N-methyl/N-ethyl adjacent to an activating group) is 1. The van der Waals surface area contributed by atoms with Crippen LogP contribution in [0.2, 0.25) is 0 Å². The SMILES string of the molecule is CNCCc1ccccc1C(=O)N1CCC(C(C)C)CC1. The molecule has 1 aromatic carbocycles. The molecular weight excluding hydrogens is 260 g/mol. The van der Waals surface area contributed by atoms with Crippen LogP contribution in [0.4, 0.5) is 0 Å². The second kappa shape index (κ2) is 7.60. The molecule has 1 saturated heterocycles. The summed E-state index contributed by atoms with van der Waals surface area (Å²) in [5, 5.41) is 3.16. The normalized spacial score (nSPS) is 16.5. The van der Waals surface area contributed by atoms with Gasteiger partial charge >= 0.3 is 0 Å². The molecule has 21 heavy (non-hydrogen) atoms. The van der Waals surface area contributed by atoms with Crippen LogP contribution < -0.4 is 5.32 Å². The molecule has 0 aliphatic carbocycles. The van der Waals surface area contributed by atoms with E-state index in [1.807, 2.05) is 30.1 Å². The fraction of sp³-hybridized carbons (Fsp3) is 0.611. The zero-order chi connectivity index (χ0) is 15.2. The number of likely N-dealkylation sites (tertiary alicyclic amines) is 1. The number of hydrogen-bond donors (Lipinski definition) is 1.